The number of hydrogen-bond acceptors (Lipinski definition) is 3. The lowest BCUT2D eigenvalue weighted by molar-refractivity contribution is 0.0695. The molecular formula is C16H12FNO3. The van der Waals surface area contributed by atoms with Gasteiger partial charge in [0.1, 0.15) is 6.61 Å². The molecule has 21 heavy (non-hydrogen) atoms. The molecule has 0 saturated carbocycles. The Kier molecular flexibility index (Phi) is 3.39. The zero-order valence-electron chi connectivity index (χ0n) is 11.0. The van der Waals surface area contributed by atoms with Gasteiger partial charge < -0.3 is 9.84 Å². The van der Waals surface area contributed by atoms with Gasteiger partial charge in [0.15, 0.2) is 11.6 Å². The number of benzene rings is 1. The van der Waals surface area contributed by atoms with Crippen LogP contribution in [0.1, 0.15) is 21.6 Å². The van der Waals surface area contributed by atoms with E-state index in [1.165, 1.54) is 18.3 Å². The van der Waals surface area contributed by atoms with Crippen LogP contribution in [0.4, 0.5) is 4.39 Å². The minimum atomic E-state index is -0.974. The first-order chi connectivity index (χ1) is 10.1. The van der Waals surface area contributed by atoms with Gasteiger partial charge in [-0.15, -0.1) is 0 Å². The Morgan fingerprint density at radius 1 is 1.33 bits per heavy atom. The third-order valence-electron chi connectivity index (χ3n) is 3.31. The van der Waals surface area contributed by atoms with Crippen molar-refractivity contribution in [2.75, 3.05) is 6.61 Å². The van der Waals surface area contributed by atoms with Crippen molar-refractivity contribution in [2.45, 2.75) is 6.42 Å². The Morgan fingerprint density at radius 3 is 2.90 bits per heavy atom. The molecule has 1 aliphatic rings. The molecule has 106 valence electrons. The summed E-state index contributed by atoms with van der Waals surface area (Å²) in [5.41, 5.74) is 2.44. The summed E-state index contributed by atoms with van der Waals surface area (Å²) in [6.07, 6.45) is 3.72. The summed E-state index contributed by atoms with van der Waals surface area (Å²) >= 11 is 0. The van der Waals surface area contributed by atoms with Gasteiger partial charge in [-0.2, -0.15) is 0 Å². The molecule has 1 aliphatic carbocycles. The highest BCUT2D eigenvalue weighted by molar-refractivity contribution is 5.91. The van der Waals surface area contributed by atoms with Crippen LogP contribution in [0.2, 0.25) is 0 Å². The second kappa shape index (κ2) is 5.36. The number of nitrogens with zero attached hydrogens (tertiary/aromatic N) is 1. The first kappa shape index (κ1) is 13.3. The number of aromatic carboxylic acids is 1. The van der Waals surface area contributed by atoms with Gasteiger partial charge in [-0.1, -0.05) is 12.1 Å². The van der Waals surface area contributed by atoms with Gasteiger partial charge in [-0.05, 0) is 35.4 Å². The van der Waals surface area contributed by atoms with Crippen LogP contribution in [-0.2, 0) is 6.42 Å². The first-order valence-corrected chi connectivity index (χ1v) is 6.43. The summed E-state index contributed by atoms with van der Waals surface area (Å²) in [6.45, 7) is 0.205. The minimum absolute atomic E-state index is 0.181. The van der Waals surface area contributed by atoms with E-state index in [0.717, 1.165) is 5.57 Å². The summed E-state index contributed by atoms with van der Waals surface area (Å²) in [4.78, 5) is 15.3. The lowest BCUT2D eigenvalue weighted by Crippen LogP contribution is -2.06. The number of halogens is 1. The topological polar surface area (TPSA) is 59.4 Å². The minimum Gasteiger partial charge on any atom is -0.486 e. The largest absolute Gasteiger partial charge is 0.486 e. The van der Waals surface area contributed by atoms with E-state index in [4.69, 9.17) is 9.84 Å². The molecule has 3 rings (SSSR count). The third-order valence-corrected chi connectivity index (χ3v) is 3.31. The van der Waals surface area contributed by atoms with Crippen LogP contribution >= 0.6 is 0 Å². The van der Waals surface area contributed by atoms with Crippen molar-refractivity contribution in [3.05, 3.63) is 64.7 Å². The molecule has 0 atom stereocenters. The molecule has 0 saturated heterocycles. The molecule has 1 aromatic heterocycles. The predicted molar refractivity (Wildman–Crippen MR) is 74.8 cm³/mol. The van der Waals surface area contributed by atoms with Crippen LogP contribution in [0.15, 0.2) is 42.1 Å². The molecular weight excluding hydrogens is 273 g/mol. The fourth-order valence-corrected chi connectivity index (χ4v) is 2.32. The molecule has 0 radical (unpaired) electrons. The number of pyridine rings is 1. The summed E-state index contributed by atoms with van der Waals surface area (Å²) in [5.74, 6) is -1.21. The van der Waals surface area contributed by atoms with Crippen molar-refractivity contribution in [3.8, 4) is 5.75 Å². The van der Waals surface area contributed by atoms with Gasteiger partial charge >= 0.3 is 5.97 Å². The van der Waals surface area contributed by atoms with Crippen LogP contribution in [0.5, 0.6) is 5.75 Å². The number of carbonyl (C=O) groups is 1. The van der Waals surface area contributed by atoms with E-state index in [2.05, 4.69) is 4.98 Å². The number of ether oxygens (including phenoxy) is 1. The Labute approximate surface area is 120 Å². The highest BCUT2D eigenvalue weighted by Gasteiger charge is 2.21. The number of aromatic nitrogens is 1. The third kappa shape index (κ3) is 2.63. The van der Waals surface area contributed by atoms with Crippen molar-refractivity contribution in [1.29, 1.82) is 0 Å². The number of carboxylic acids is 1. The van der Waals surface area contributed by atoms with E-state index in [9.17, 15) is 9.18 Å². The van der Waals surface area contributed by atoms with Crippen molar-refractivity contribution in [1.82, 2.24) is 4.98 Å². The van der Waals surface area contributed by atoms with Crippen LogP contribution in [-0.4, -0.2) is 22.7 Å². The van der Waals surface area contributed by atoms with Gasteiger partial charge in [0.2, 0.25) is 0 Å². The van der Waals surface area contributed by atoms with E-state index in [1.54, 1.807) is 24.3 Å². The summed E-state index contributed by atoms with van der Waals surface area (Å²) in [6, 6.07) is 7.65. The second-order valence-electron chi connectivity index (χ2n) is 4.73. The molecule has 0 unspecified atom stereocenters. The molecule has 0 amide bonds. The van der Waals surface area contributed by atoms with Gasteiger partial charge in [-0.25, -0.2) is 9.18 Å². The fourth-order valence-electron chi connectivity index (χ4n) is 2.32. The summed E-state index contributed by atoms with van der Waals surface area (Å²) in [7, 11) is 0. The number of rotatable bonds is 4. The average Bonchev–Trinajstić information content (AvgIpc) is 2.88. The standard InChI is InChI=1S/C16H12FNO3/c17-13-3-1-2-4-15(13)21-9-10-7-12-11(16(19)20)5-6-18-14(12)8-10/h1-6,8H,7,9H2,(H,19,20). The van der Waals surface area contributed by atoms with Crippen molar-refractivity contribution < 1.29 is 19.0 Å². The van der Waals surface area contributed by atoms with Gasteiger partial charge in [0.25, 0.3) is 0 Å². The zero-order chi connectivity index (χ0) is 14.8. The van der Waals surface area contributed by atoms with Crippen molar-refractivity contribution in [3.63, 3.8) is 0 Å². The maximum absolute atomic E-state index is 13.5. The summed E-state index contributed by atoms with van der Waals surface area (Å²) in [5, 5.41) is 9.15. The Bertz CT molecular complexity index is 740. The molecule has 4 nitrogen and oxygen atoms in total. The number of fused-ring (bicyclic) bond motifs is 1. The Morgan fingerprint density at radius 2 is 2.14 bits per heavy atom. The van der Waals surface area contributed by atoms with Gasteiger partial charge in [-0.3, -0.25) is 4.98 Å². The van der Waals surface area contributed by atoms with E-state index in [1.807, 2.05) is 0 Å². The normalized spacial score (nSPS) is 12.7. The van der Waals surface area contributed by atoms with Gasteiger partial charge in [0, 0.05) is 12.6 Å². The van der Waals surface area contributed by atoms with Crippen molar-refractivity contribution in [2.24, 2.45) is 0 Å². The maximum Gasteiger partial charge on any atom is 0.336 e. The fraction of sp³-hybridized carbons (Fsp3) is 0.125. The monoisotopic (exact) mass is 285 g/mol. The second-order valence-corrected chi connectivity index (χ2v) is 4.73. The number of hydrogen-bond donors (Lipinski definition) is 1. The number of carboxylic acid groups (broad SMARTS) is 1. The van der Waals surface area contributed by atoms with E-state index in [0.29, 0.717) is 17.7 Å². The van der Waals surface area contributed by atoms with Crippen molar-refractivity contribution >= 4 is 12.0 Å². The highest BCUT2D eigenvalue weighted by Crippen LogP contribution is 2.27. The molecule has 0 fully saturated rings. The van der Waals surface area contributed by atoms with Crippen LogP contribution in [0, 0.1) is 5.82 Å². The molecule has 2 aromatic rings. The van der Waals surface area contributed by atoms with E-state index in [-0.39, 0.29) is 17.9 Å². The maximum atomic E-state index is 13.5. The highest BCUT2D eigenvalue weighted by atomic mass is 19.1. The predicted octanol–water partition coefficient (Wildman–Crippen LogP) is 2.94. The lowest BCUT2D eigenvalue weighted by Gasteiger charge is -2.08. The molecule has 1 aromatic carbocycles. The Hall–Kier alpha value is -2.69. The first-order valence-electron chi connectivity index (χ1n) is 6.43. The molecule has 1 N–H and O–H groups in total. The molecule has 1 heterocycles. The van der Waals surface area contributed by atoms with Gasteiger partial charge in [0.05, 0.1) is 11.3 Å². The molecule has 0 aliphatic heterocycles. The quantitative estimate of drug-likeness (QED) is 0.938. The molecule has 5 heteroatoms. The zero-order valence-corrected chi connectivity index (χ0v) is 11.0. The molecule has 0 spiro atoms. The van der Waals surface area contributed by atoms with E-state index >= 15 is 0 Å². The van der Waals surface area contributed by atoms with Crippen LogP contribution < -0.4 is 4.74 Å². The average molecular weight is 285 g/mol. The number of para-hydroxylation sites is 1. The van der Waals surface area contributed by atoms with E-state index < -0.39 is 11.8 Å². The smallest absolute Gasteiger partial charge is 0.336 e. The molecule has 0 bridgehead atoms. The van der Waals surface area contributed by atoms with Crippen LogP contribution in [0.3, 0.4) is 0 Å². The SMILES string of the molecule is O=C(O)c1ccnc2c1CC(COc1ccccc1F)=C2. The lowest BCUT2D eigenvalue weighted by atomic mass is 10.1. The summed E-state index contributed by atoms with van der Waals surface area (Å²) < 4.78 is 18.9. The Balaban J connectivity index is 1.75. The van der Waals surface area contributed by atoms with Crippen LogP contribution in [0.25, 0.3) is 6.08 Å².